The fourth-order valence-electron chi connectivity index (χ4n) is 1.88. The normalized spacial score (nSPS) is 10.3. The Morgan fingerprint density at radius 1 is 1.36 bits per heavy atom. The van der Waals surface area contributed by atoms with Crippen molar-refractivity contribution < 1.29 is 19.4 Å². The van der Waals surface area contributed by atoms with Gasteiger partial charge in [-0.25, -0.2) is 5.43 Å². The zero-order chi connectivity index (χ0) is 18.2. The molecule has 2 aromatic rings. The Morgan fingerprint density at radius 2 is 2.16 bits per heavy atom. The molecule has 0 fully saturated rings. The minimum atomic E-state index is -0.441. The van der Waals surface area contributed by atoms with Crippen molar-refractivity contribution in [3.8, 4) is 23.3 Å². The number of nitriles is 1. The summed E-state index contributed by atoms with van der Waals surface area (Å²) >= 11 is 1.97. The smallest absolute Gasteiger partial charge is 0.271 e. The van der Waals surface area contributed by atoms with Gasteiger partial charge in [0.2, 0.25) is 0 Å². The van der Waals surface area contributed by atoms with Gasteiger partial charge in [0.25, 0.3) is 5.91 Å². The Hall–Kier alpha value is -2.80. The molecule has 0 heterocycles. The number of amides is 1. The first-order chi connectivity index (χ1) is 12.0. The summed E-state index contributed by atoms with van der Waals surface area (Å²) in [5, 5.41) is 22.1. The number of hydrogen-bond donors (Lipinski definition) is 2. The number of aromatic hydroxyl groups is 1. The van der Waals surface area contributed by atoms with Crippen LogP contribution < -0.4 is 14.9 Å². The van der Waals surface area contributed by atoms with Gasteiger partial charge in [-0.15, -0.1) is 0 Å². The van der Waals surface area contributed by atoms with E-state index in [1.165, 1.54) is 19.4 Å². The summed E-state index contributed by atoms with van der Waals surface area (Å²) in [5.41, 5.74) is 3.35. The Morgan fingerprint density at radius 3 is 2.84 bits per heavy atom. The lowest BCUT2D eigenvalue weighted by atomic mass is 10.2. The van der Waals surface area contributed by atoms with Crippen LogP contribution in [0.3, 0.4) is 0 Å². The molecule has 0 aliphatic carbocycles. The van der Waals surface area contributed by atoms with Gasteiger partial charge in [0.1, 0.15) is 11.8 Å². The first-order valence-corrected chi connectivity index (χ1v) is 8.12. The van der Waals surface area contributed by atoms with E-state index in [-0.39, 0.29) is 12.4 Å². The third-order valence-corrected chi connectivity index (χ3v) is 3.98. The number of hydrazone groups is 1. The summed E-state index contributed by atoms with van der Waals surface area (Å²) in [7, 11) is 1.49. The summed E-state index contributed by atoms with van der Waals surface area (Å²) in [6.45, 7) is -0.0806. The molecule has 1 amide bonds. The third kappa shape index (κ3) is 5.09. The van der Waals surface area contributed by atoms with E-state index in [1.807, 2.05) is 28.7 Å². The van der Waals surface area contributed by atoms with Crippen LogP contribution in [0, 0.1) is 14.9 Å². The Labute approximate surface area is 158 Å². The lowest BCUT2D eigenvalue weighted by Gasteiger charge is -2.08. The highest BCUT2D eigenvalue weighted by molar-refractivity contribution is 14.1. The molecule has 128 valence electrons. The molecular formula is C17H14IN3O4. The second-order valence-electron chi connectivity index (χ2n) is 4.72. The number of benzene rings is 2. The fraction of sp³-hybridized carbons (Fsp3) is 0.118. The number of carbonyl (C=O) groups is 1. The van der Waals surface area contributed by atoms with Gasteiger partial charge in [0, 0.05) is 5.56 Å². The van der Waals surface area contributed by atoms with E-state index in [9.17, 15) is 9.90 Å². The lowest BCUT2D eigenvalue weighted by molar-refractivity contribution is 0.0954. The van der Waals surface area contributed by atoms with Crippen LogP contribution in [0.1, 0.15) is 15.9 Å². The molecule has 8 heteroatoms. The van der Waals surface area contributed by atoms with Gasteiger partial charge in [0.05, 0.1) is 16.9 Å². The van der Waals surface area contributed by atoms with Gasteiger partial charge in [-0.1, -0.05) is 0 Å². The summed E-state index contributed by atoms with van der Waals surface area (Å²) in [4.78, 5) is 12.0. The summed E-state index contributed by atoms with van der Waals surface area (Å²) < 4.78 is 11.1. The second-order valence-corrected chi connectivity index (χ2v) is 5.88. The van der Waals surface area contributed by atoms with E-state index >= 15 is 0 Å². The highest BCUT2D eigenvalue weighted by atomic mass is 127. The summed E-state index contributed by atoms with van der Waals surface area (Å²) in [6, 6.07) is 11.5. The lowest BCUT2D eigenvalue weighted by Crippen LogP contribution is -2.17. The topological polar surface area (TPSA) is 104 Å². The number of nitrogens with one attached hydrogen (secondary N) is 1. The first-order valence-electron chi connectivity index (χ1n) is 7.05. The molecule has 0 unspecified atom stereocenters. The number of phenols is 1. The molecule has 0 atom stereocenters. The van der Waals surface area contributed by atoms with Crippen LogP contribution in [0.15, 0.2) is 41.5 Å². The molecule has 7 nitrogen and oxygen atoms in total. The van der Waals surface area contributed by atoms with Gasteiger partial charge in [-0.3, -0.25) is 4.79 Å². The maximum atomic E-state index is 12.0. The molecule has 2 N–H and O–H groups in total. The number of rotatable bonds is 6. The molecule has 0 aromatic heterocycles. The molecule has 0 radical (unpaired) electrons. The number of methoxy groups -OCH3 is 1. The van der Waals surface area contributed by atoms with Crippen LogP contribution in [0.25, 0.3) is 0 Å². The highest BCUT2D eigenvalue weighted by Gasteiger charge is 2.08. The van der Waals surface area contributed by atoms with Gasteiger partial charge >= 0.3 is 0 Å². The standard InChI is InChI=1S/C17H14IN3O4/c1-24-16-8-11(2-5-15(16)25-7-6-19)10-20-21-17(23)12-3-4-13(18)14(22)9-12/h2-5,8-10,22H,7H2,1H3,(H,21,23)/b20-10-. The van der Waals surface area contributed by atoms with Crippen molar-refractivity contribution in [2.45, 2.75) is 0 Å². The molecule has 0 bridgehead atoms. The SMILES string of the molecule is COc1cc(/C=N\NC(=O)c2ccc(I)c(O)c2)ccc1OCC#N. The molecule has 0 aliphatic rings. The van der Waals surface area contributed by atoms with Gasteiger partial charge in [0.15, 0.2) is 18.1 Å². The number of phenolic OH excluding ortho intramolecular Hbond substituents is 1. The van der Waals surface area contributed by atoms with E-state index in [2.05, 4.69) is 10.5 Å². The molecular weight excluding hydrogens is 437 g/mol. The first kappa shape index (κ1) is 18.5. The maximum absolute atomic E-state index is 12.0. The average Bonchev–Trinajstić information content (AvgIpc) is 2.62. The van der Waals surface area contributed by atoms with Crippen LogP contribution in [-0.2, 0) is 0 Å². The van der Waals surface area contributed by atoms with Crippen LogP contribution in [0.5, 0.6) is 17.2 Å². The van der Waals surface area contributed by atoms with E-state index in [4.69, 9.17) is 14.7 Å². The highest BCUT2D eigenvalue weighted by Crippen LogP contribution is 2.27. The molecule has 0 saturated heterocycles. The quantitative estimate of drug-likeness (QED) is 0.400. The zero-order valence-electron chi connectivity index (χ0n) is 13.2. The van der Waals surface area contributed by atoms with Crippen LogP contribution >= 0.6 is 22.6 Å². The van der Waals surface area contributed by atoms with Crippen LogP contribution in [0.2, 0.25) is 0 Å². The average molecular weight is 451 g/mol. The Kier molecular flexibility index (Phi) is 6.59. The number of carbonyl (C=O) groups excluding carboxylic acids is 1. The maximum Gasteiger partial charge on any atom is 0.271 e. The Bertz CT molecular complexity index is 846. The minimum Gasteiger partial charge on any atom is -0.507 e. The van der Waals surface area contributed by atoms with Crippen molar-refractivity contribution in [3.05, 3.63) is 51.1 Å². The summed E-state index contributed by atoms with van der Waals surface area (Å²) in [5.74, 6) is 0.492. The molecule has 25 heavy (non-hydrogen) atoms. The van der Waals surface area contributed by atoms with E-state index in [1.54, 1.807) is 30.3 Å². The van der Waals surface area contributed by atoms with E-state index < -0.39 is 5.91 Å². The number of nitrogens with zero attached hydrogens (tertiary/aromatic N) is 2. The zero-order valence-corrected chi connectivity index (χ0v) is 15.4. The molecule has 0 spiro atoms. The molecule has 0 aliphatic heterocycles. The summed E-state index contributed by atoms with van der Waals surface area (Å²) in [6.07, 6.45) is 1.45. The molecule has 2 rings (SSSR count). The van der Waals surface area contributed by atoms with Gasteiger partial charge in [-0.05, 0) is 64.6 Å². The molecule has 2 aromatic carbocycles. The third-order valence-electron chi connectivity index (χ3n) is 3.07. The van der Waals surface area contributed by atoms with Crippen LogP contribution in [0.4, 0.5) is 0 Å². The van der Waals surface area contributed by atoms with Gasteiger partial charge in [-0.2, -0.15) is 10.4 Å². The predicted octanol–water partition coefficient (Wildman–Crippen LogP) is 2.67. The number of hydrogen-bond acceptors (Lipinski definition) is 6. The number of halogens is 1. The van der Waals surface area contributed by atoms with Gasteiger partial charge < -0.3 is 14.6 Å². The van der Waals surface area contributed by atoms with Crippen molar-refractivity contribution in [2.75, 3.05) is 13.7 Å². The van der Waals surface area contributed by atoms with Crippen molar-refractivity contribution in [1.29, 1.82) is 5.26 Å². The van der Waals surface area contributed by atoms with Crippen molar-refractivity contribution >= 4 is 34.7 Å². The fourth-order valence-corrected chi connectivity index (χ4v) is 2.21. The van der Waals surface area contributed by atoms with E-state index in [0.717, 1.165) is 0 Å². The van der Waals surface area contributed by atoms with E-state index in [0.29, 0.717) is 26.2 Å². The van der Waals surface area contributed by atoms with Crippen LogP contribution in [-0.4, -0.2) is 30.9 Å². The molecule has 0 saturated carbocycles. The Balaban J connectivity index is 2.05. The predicted molar refractivity (Wildman–Crippen MR) is 100.0 cm³/mol. The second kappa shape index (κ2) is 8.89. The monoisotopic (exact) mass is 451 g/mol. The van der Waals surface area contributed by atoms with Crippen molar-refractivity contribution in [1.82, 2.24) is 5.43 Å². The minimum absolute atomic E-state index is 0.0370. The van der Waals surface area contributed by atoms with Crippen molar-refractivity contribution in [3.63, 3.8) is 0 Å². The largest absolute Gasteiger partial charge is 0.507 e. The number of ether oxygens (including phenoxy) is 2. The van der Waals surface area contributed by atoms with Crippen molar-refractivity contribution in [2.24, 2.45) is 5.10 Å².